The van der Waals surface area contributed by atoms with Crippen LogP contribution in [0.1, 0.15) is 21.7 Å². The van der Waals surface area contributed by atoms with Crippen LogP contribution in [0.15, 0.2) is 28.9 Å². The van der Waals surface area contributed by atoms with Crippen LogP contribution in [0.3, 0.4) is 0 Å². The molecule has 0 aliphatic heterocycles. The Kier molecular flexibility index (Phi) is 5.33. The number of aryl methyl sites for hydroxylation is 1. The molecule has 0 aliphatic carbocycles. The van der Waals surface area contributed by atoms with Gasteiger partial charge in [-0.05, 0) is 31.4 Å². The van der Waals surface area contributed by atoms with Gasteiger partial charge in [0.05, 0.1) is 22.6 Å². The van der Waals surface area contributed by atoms with Gasteiger partial charge >= 0.3 is 0 Å². The summed E-state index contributed by atoms with van der Waals surface area (Å²) >= 11 is 3.08. The minimum Gasteiger partial charge on any atom is -0.383 e. The Labute approximate surface area is 149 Å². The molecular weight excluding hydrogens is 342 g/mol. The Balaban J connectivity index is 1.75. The third kappa shape index (κ3) is 3.38. The number of rotatable bonds is 7. The maximum atomic E-state index is 12.6. The number of ketones is 1. The molecule has 0 saturated carbocycles. The molecule has 7 heteroatoms. The van der Waals surface area contributed by atoms with Crippen molar-refractivity contribution in [3.63, 3.8) is 0 Å². The van der Waals surface area contributed by atoms with Crippen molar-refractivity contribution in [1.82, 2.24) is 14.5 Å². The normalized spacial score (nSPS) is 11.3. The lowest BCUT2D eigenvalue weighted by Gasteiger charge is -2.08. The average Bonchev–Trinajstić information content (AvgIpc) is 3.16. The molecule has 126 valence electrons. The predicted molar refractivity (Wildman–Crippen MR) is 98.3 cm³/mol. The first-order valence-electron chi connectivity index (χ1n) is 7.61. The molecule has 0 bridgehead atoms. The summed E-state index contributed by atoms with van der Waals surface area (Å²) in [6.07, 6.45) is 1.55. The molecule has 0 saturated heterocycles. The number of hydrogen-bond donors (Lipinski definition) is 0. The zero-order chi connectivity index (χ0) is 17.1. The minimum absolute atomic E-state index is 0.125. The number of methoxy groups -OCH3 is 1. The second-order valence-corrected chi connectivity index (χ2v) is 7.34. The van der Waals surface area contributed by atoms with Gasteiger partial charge in [-0.2, -0.15) is 0 Å². The monoisotopic (exact) mass is 361 g/mol. The number of aromatic nitrogens is 3. The summed E-state index contributed by atoms with van der Waals surface area (Å²) in [5.41, 5.74) is 3.80. The number of fused-ring (bicyclic) bond motifs is 1. The number of carbonyl (C=O) groups excluding carboxylic acids is 1. The van der Waals surface area contributed by atoms with E-state index in [4.69, 9.17) is 4.74 Å². The fourth-order valence-corrected chi connectivity index (χ4v) is 4.52. The molecule has 3 aromatic rings. The van der Waals surface area contributed by atoms with Gasteiger partial charge in [-0.25, -0.2) is 9.97 Å². The Hall–Kier alpha value is -1.70. The van der Waals surface area contributed by atoms with Gasteiger partial charge in [0.1, 0.15) is 11.4 Å². The van der Waals surface area contributed by atoms with Crippen LogP contribution < -0.4 is 0 Å². The van der Waals surface area contributed by atoms with Crippen LogP contribution in [0, 0.1) is 13.8 Å². The number of nitrogens with zero attached hydrogens (tertiary/aromatic N) is 3. The smallest absolute Gasteiger partial charge is 0.174 e. The van der Waals surface area contributed by atoms with E-state index in [1.165, 1.54) is 11.8 Å². The van der Waals surface area contributed by atoms with E-state index in [9.17, 15) is 4.79 Å². The molecule has 5 nitrogen and oxygen atoms in total. The number of thiophene rings is 1. The second-order valence-electron chi connectivity index (χ2n) is 5.45. The molecule has 0 atom stereocenters. The Bertz CT molecular complexity index is 870. The second kappa shape index (κ2) is 7.46. The van der Waals surface area contributed by atoms with Gasteiger partial charge in [0.25, 0.3) is 0 Å². The summed E-state index contributed by atoms with van der Waals surface area (Å²) in [5.74, 6) is 0.499. The van der Waals surface area contributed by atoms with E-state index in [2.05, 4.69) is 14.5 Å². The van der Waals surface area contributed by atoms with Crippen LogP contribution in [0.5, 0.6) is 0 Å². The van der Waals surface area contributed by atoms with E-state index < -0.39 is 0 Å². The van der Waals surface area contributed by atoms with Crippen LogP contribution in [-0.2, 0) is 11.3 Å². The Morgan fingerprint density at radius 1 is 1.38 bits per heavy atom. The van der Waals surface area contributed by atoms with Crippen molar-refractivity contribution in [3.05, 3.63) is 40.8 Å². The maximum Gasteiger partial charge on any atom is 0.174 e. The number of Topliss-reactive ketones (excluding diaryl/α,β-unsaturated/α-hetero) is 1. The topological polar surface area (TPSA) is 57.0 Å². The number of carbonyl (C=O) groups is 1. The van der Waals surface area contributed by atoms with Gasteiger partial charge in [-0.15, -0.1) is 11.3 Å². The highest BCUT2D eigenvalue weighted by Gasteiger charge is 2.17. The molecule has 3 heterocycles. The zero-order valence-corrected chi connectivity index (χ0v) is 15.5. The zero-order valence-electron chi connectivity index (χ0n) is 13.9. The summed E-state index contributed by atoms with van der Waals surface area (Å²) in [6.45, 7) is 5.40. The van der Waals surface area contributed by atoms with Gasteiger partial charge in [0, 0.05) is 30.6 Å². The summed E-state index contributed by atoms with van der Waals surface area (Å²) < 4.78 is 8.31. The van der Waals surface area contributed by atoms with Gasteiger partial charge < -0.3 is 9.30 Å². The number of thioether (sulfide) groups is 1. The van der Waals surface area contributed by atoms with Crippen LogP contribution in [0.25, 0.3) is 10.2 Å². The molecule has 0 fully saturated rings. The molecular formula is C17H19N3O2S2. The fourth-order valence-electron chi connectivity index (χ4n) is 2.69. The molecule has 0 N–H and O–H groups in total. The van der Waals surface area contributed by atoms with E-state index in [1.807, 2.05) is 31.4 Å². The van der Waals surface area contributed by atoms with Gasteiger partial charge in [-0.1, -0.05) is 11.8 Å². The van der Waals surface area contributed by atoms with Gasteiger partial charge in [-0.3, -0.25) is 4.79 Å². The van der Waals surface area contributed by atoms with Crippen LogP contribution in [-0.4, -0.2) is 39.8 Å². The maximum absolute atomic E-state index is 12.6. The third-order valence-electron chi connectivity index (χ3n) is 3.94. The van der Waals surface area contributed by atoms with Crippen molar-refractivity contribution in [2.75, 3.05) is 19.5 Å². The highest BCUT2D eigenvalue weighted by atomic mass is 32.2. The molecule has 3 aromatic heterocycles. The Morgan fingerprint density at radius 3 is 3.00 bits per heavy atom. The quantitative estimate of drug-likeness (QED) is 0.365. The van der Waals surface area contributed by atoms with Crippen LogP contribution >= 0.6 is 23.1 Å². The molecule has 0 amide bonds. The molecule has 0 radical (unpaired) electrons. The van der Waals surface area contributed by atoms with Crippen molar-refractivity contribution in [3.8, 4) is 0 Å². The van der Waals surface area contributed by atoms with Crippen LogP contribution in [0.2, 0.25) is 0 Å². The number of hydrogen-bond acceptors (Lipinski definition) is 6. The predicted octanol–water partition coefficient (Wildman–Crippen LogP) is 3.73. The summed E-state index contributed by atoms with van der Waals surface area (Å²) in [4.78, 5) is 21.2. The largest absolute Gasteiger partial charge is 0.383 e. The average molecular weight is 361 g/mol. The summed E-state index contributed by atoms with van der Waals surface area (Å²) in [5, 5.41) is 2.87. The standard InChI is InChI=1S/C17H19N3O2S2/c1-11-8-13(12(2)20(11)5-6-22-3)15(21)9-24-17-16-14(4-7-23-16)18-10-19-17/h4,7-8,10H,5-6,9H2,1-3H3. The Morgan fingerprint density at radius 2 is 2.21 bits per heavy atom. The highest BCUT2D eigenvalue weighted by molar-refractivity contribution is 8.00. The summed E-state index contributed by atoms with van der Waals surface area (Å²) in [7, 11) is 1.68. The SMILES string of the molecule is COCCn1c(C)cc(C(=O)CSc2ncnc3ccsc23)c1C. The molecule has 0 unspecified atom stereocenters. The van der Waals surface area contributed by atoms with Crippen molar-refractivity contribution >= 4 is 39.1 Å². The van der Waals surface area contributed by atoms with E-state index in [-0.39, 0.29) is 5.78 Å². The number of ether oxygens (including phenoxy) is 1. The first kappa shape index (κ1) is 17.1. The van der Waals surface area contributed by atoms with Gasteiger partial charge in [0.2, 0.25) is 0 Å². The molecule has 0 aromatic carbocycles. The lowest BCUT2D eigenvalue weighted by Crippen LogP contribution is -2.09. The minimum atomic E-state index is 0.125. The molecule has 0 spiro atoms. The summed E-state index contributed by atoms with van der Waals surface area (Å²) in [6, 6.07) is 3.94. The third-order valence-corrected chi connectivity index (χ3v) is 5.97. The molecule has 0 aliphatic rings. The van der Waals surface area contributed by atoms with Crippen molar-refractivity contribution in [1.29, 1.82) is 0 Å². The van der Waals surface area contributed by atoms with E-state index in [0.29, 0.717) is 12.4 Å². The molecule has 24 heavy (non-hydrogen) atoms. The van der Waals surface area contributed by atoms with Crippen LogP contribution in [0.4, 0.5) is 0 Å². The van der Waals surface area contributed by atoms with Gasteiger partial charge in [0.15, 0.2) is 5.78 Å². The fraction of sp³-hybridized carbons (Fsp3) is 0.353. The van der Waals surface area contributed by atoms with Crippen molar-refractivity contribution in [2.24, 2.45) is 0 Å². The van der Waals surface area contributed by atoms with E-state index >= 15 is 0 Å². The van der Waals surface area contributed by atoms with E-state index in [1.54, 1.807) is 24.8 Å². The van der Waals surface area contributed by atoms with Crippen molar-refractivity contribution in [2.45, 2.75) is 25.4 Å². The lowest BCUT2D eigenvalue weighted by molar-refractivity contribution is 0.102. The van der Waals surface area contributed by atoms with Crippen molar-refractivity contribution < 1.29 is 9.53 Å². The first-order chi connectivity index (χ1) is 11.6. The van der Waals surface area contributed by atoms with E-state index in [0.717, 1.165) is 38.7 Å². The molecule has 3 rings (SSSR count). The highest BCUT2D eigenvalue weighted by Crippen LogP contribution is 2.29. The lowest BCUT2D eigenvalue weighted by atomic mass is 10.2. The first-order valence-corrected chi connectivity index (χ1v) is 9.48.